The van der Waals surface area contributed by atoms with Crippen molar-refractivity contribution in [3.8, 4) is 0 Å². The van der Waals surface area contributed by atoms with Crippen molar-refractivity contribution in [1.29, 1.82) is 0 Å². The molecule has 3 heterocycles. The quantitative estimate of drug-likeness (QED) is 0.368. The van der Waals surface area contributed by atoms with E-state index in [0.717, 1.165) is 20.9 Å². The lowest BCUT2D eigenvalue weighted by Crippen LogP contribution is -2.48. The van der Waals surface area contributed by atoms with E-state index in [-0.39, 0.29) is 10.8 Å². The molecule has 1 fully saturated rings. The number of benzene rings is 3. The summed E-state index contributed by atoms with van der Waals surface area (Å²) in [6, 6.07) is 20.0. The fourth-order valence-electron chi connectivity index (χ4n) is 4.92. The smallest absolute Gasteiger partial charge is 0.253 e. The van der Waals surface area contributed by atoms with Crippen LogP contribution in [0.3, 0.4) is 0 Å². The van der Waals surface area contributed by atoms with E-state index in [1.165, 1.54) is 9.87 Å². The Labute approximate surface area is 225 Å². The van der Waals surface area contributed by atoms with Gasteiger partial charge in [-0.3, -0.25) is 4.79 Å². The maximum atomic E-state index is 13.2. The first-order valence-corrected chi connectivity index (χ1v) is 14.8. The average molecular weight is 553 g/mol. The number of carbonyl (C=O) groups is 1. The minimum atomic E-state index is -3.64. The van der Waals surface area contributed by atoms with Crippen LogP contribution in [-0.2, 0) is 23.0 Å². The van der Waals surface area contributed by atoms with Crippen molar-refractivity contribution >= 4 is 54.2 Å². The summed E-state index contributed by atoms with van der Waals surface area (Å²) in [4.78, 5) is 22.0. The van der Waals surface area contributed by atoms with Crippen LogP contribution in [0.25, 0.3) is 10.2 Å². The minimum Gasteiger partial charge on any atom is -0.345 e. The van der Waals surface area contributed by atoms with E-state index in [9.17, 15) is 13.2 Å². The topological polar surface area (TPSA) is 73.8 Å². The molecule has 190 valence electrons. The molecule has 1 saturated heterocycles. The number of carbonyl (C=O) groups excluding carboxylic acids is 1. The van der Waals surface area contributed by atoms with Crippen LogP contribution >= 0.6 is 22.9 Å². The van der Waals surface area contributed by atoms with E-state index in [1.54, 1.807) is 35.6 Å². The van der Waals surface area contributed by atoms with Gasteiger partial charge in [-0.15, -0.1) is 0 Å². The second-order valence-electron chi connectivity index (χ2n) is 9.24. The lowest BCUT2D eigenvalue weighted by molar-refractivity contribution is 0.0746. The number of nitrogens with zero attached hydrogens (tertiary/aromatic N) is 4. The largest absolute Gasteiger partial charge is 0.345 e. The fourth-order valence-corrected chi connectivity index (χ4v) is 7.65. The van der Waals surface area contributed by atoms with Gasteiger partial charge in [-0.2, -0.15) is 4.31 Å². The molecule has 6 rings (SSSR count). The van der Waals surface area contributed by atoms with E-state index >= 15 is 0 Å². The summed E-state index contributed by atoms with van der Waals surface area (Å²) in [5.74, 6) is -0.0946. The lowest BCUT2D eigenvalue weighted by Gasteiger charge is -2.34. The number of thiazole rings is 1. The fraction of sp³-hybridized carbons (Fsp3) is 0.259. The van der Waals surface area contributed by atoms with Crippen molar-refractivity contribution in [3.05, 3.63) is 88.4 Å². The van der Waals surface area contributed by atoms with Crippen molar-refractivity contribution < 1.29 is 13.2 Å². The predicted octanol–water partition coefficient (Wildman–Crippen LogP) is 4.66. The van der Waals surface area contributed by atoms with Gasteiger partial charge in [0.1, 0.15) is 5.52 Å². The third-order valence-electron chi connectivity index (χ3n) is 7.03. The first kappa shape index (κ1) is 24.4. The molecule has 37 heavy (non-hydrogen) atoms. The summed E-state index contributed by atoms with van der Waals surface area (Å²) in [5, 5.41) is 1.55. The Morgan fingerprint density at radius 1 is 0.865 bits per heavy atom. The number of hydrogen-bond acceptors (Lipinski definition) is 6. The highest BCUT2D eigenvalue weighted by Gasteiger charge is 2.29. The maximum absolute atomic E-state index is 13.2. The number of para-hydroxylation sites is 1. The van der Waals surface area contributed by atoms with E-state index in [2.05, 4.69) is 4.90 Å². The van der Waals surface area contributed by atoms with E-state index in [1.807, 2.05) is 47.4 Å². The average Bonchev–Trinajstić information content (AvgIpc) is 3.38. The molecule has 0 atom stereocenters. The molecule has 0 aliphatic carbocycles. The first-order chi connectivity index (χ1) is 17.9. The monoisotopic (exact) mass is 552 g/mol. The third kappa shape index (κ3) is 4.61. The molecule has 1 aromatic heterocycles. The molecule has 0 N–H and O–H groups in total. The van der Waals surface area contributed by atoms with Gasteiger partial charge in [0.2, 0.25) is 10.0 Å². The molecule has 10 heteroatoms. The number of anilines is 1. The van der Waals surface area contributed by atoms with Crippen molar-refractivity contribution in [1.82, 2.24) is 14.2 Å². The van der Waals surface area contributed by atoms with Gasteiger partial charge in [0.25, 0.3) is 5.91 Å². The van der Waals surface area contributed by atoms with Crippen molar-refractivity contribution in [2.45, 2.75) is 17.9 Å². The Kier molecular flexibility index (Phi) is 6.40. The van der Waals surface area contributed by atoms with E-state index in [0.29, 0.717) is 56.3 Å². The number of amides is 1. The van der Waals surface area contributed by atoms with Crippen LogP contribution in [0.15, 0.2) is 71.6 Å². The van der Waals surface area contributed by atoms with Crippen LogP contribution in [0.1, 0.15) is 21.5 Å². The molecule has 3 aromatic carbocycles. The zero-order chi connectivity index (χ0) is 25.6. The van der Waals surface area contributed by atoms with Gasteiger partial charge in [-0.05, 0) is 53.9 Å². The summed E-state index contributed by atoms with van der Waals surface area (Å²) in [7, 11) is -3.64. The van der Waals surface area contributed by atoms with Crippen LogP contribution in [-0.4, -0.2) is 61.2 Å². The predicted molar refractivity (Wildman–Crippen MR) is 147 cm³/mol. The standard InChI is InChI=1S/C27H25ClN4O3S2/c28-23-6-3-7-24-25(23)29-27(36-24)31-16-14-30(15-17-31)26(33)20-8-10-22(11-9-20)37(34,35)32-13-12-19-4-1-2-5-21(19)18-32/h1-11H,12-18H2. The Morgan fingerprint density at radius 2 is 1.59 bits per heavy atom. The number of hydrogen-bond donors (Lipinski definition) is 0. The molecule has 0 spiro atoms. The summed E-state index contributed by atoms with van der Waals surface area (Å²) in [6.45, 7) is 3.29. The van der Waals surface area contributed by atoms with Gasteiger partial charge < -0.3 is 9.80 Å². The van der Waals surface area contributed by atoms with Gasteiger partial charge in [-0.25, -0.2) is 13.4 Å². The molecule has 0 bridgehead atoms. The van der Waals surface area contributed by atoms with Crippen LogP contribution < -0.4 is 4.90 Å². The van der Waals surface area contributed by atoms with Gasteiger partial charge in [0.15, 0.2) is 5.13 Å². The lowest BCUT2D eigenvalue weighted by atomic mass is 10.0. The summed E-state index contributed by atoms with van der Waals surface area (Å²) < 4.78 is 29.1. The maximum Gasteiger partial charge on any atom is 0.253 e. The molecule has 2 aliphatic rings. The van der Waals surface area contributed by atoms with Gasteiger partial charge >= 0.3 is 0 Å². The normalized spacial score (nSPS) is 16.7. The highest BCUT2D eigenvalue weighted by molar-refractivity contribution is 7.89. The van der Waals surface area contributed by atoms with Crippen LogP contribution in [0.2, 0.25) is 5.02 Å². The van der Waals surface area contributed by atoms with Crippen molar-refractivity contribution in [3.63, 3.8) is 0 Å². The third-order valence-corrected chi connectivity index (χ3v) is 10.3. The zero-order valence-electron chi connectivity index (χ0n) is 20.0. The highest BCUT2D eigenvalue weighted by Crippen LogP contribution is 2.33. The molecule has 7 nitrogen and oxygen atoms in total. The Morgan fingerprint density at radius 3 is 2.32 bits per heavy atom. The molecular formula is C27H25ClN4O3S2. The highest BCUT2D eigenvalue weighted by atomic mass is 35.5. The van der Waals surface area contributed by atoms with E-state index in [4.69, 9.17) is 16.6 Å². The summed E-state index contributed by atoms with van der Waals surface area (Å²) >= 11 is 7.88. The van der Waals surface area contributed by atoms with Gasteiger partial charge in [0.05, 0.1) is 14.6 Å². The molecule has 0 unspecified atom stereocenters. The summed E-state index contributed by atoms with van der Waals surface area (Å²) in [6.07, 6.45) is 0.696. The SMILES string of the molecule is O=C(c1ccc(S(=O)(=O)N2CCc3ccccc3C2)cc1)N1CCN(c2nc3c(Cl)cccc3s2)CC1. The molecule has 0 saturated carbocycles. The number of halogens is 1. The van der Waals surface area contributed by atoms with Crippen molar-refractivity contribution in [2.24, 2.45) is 0 Å². The number of fused-ring (bicyclic) bond motifs is 2. The van der Waals surface area contributed by atoms with Crippen LogP contribution in [0.5, 0.6) is 0 Å². The molecular weight excluding hydrogens is 528 g/mol. The Bertz CT molecular complexity index is 1580. The van der Waals surface area contributed by atoms with E-state index < -0.39 is 10.0 Å². The second kappa shape index (κ2) is 9.72. The van der Waals surface area contributed by atoms with Gasteiger partial charge in [-0.1, -0.05) is 53.3 Å². The van der Waals surface area contributed by atoms with Crippen molar-refractivity contribution in [2.75, 3.05) is 37.6 Å². The number of piperazine rings is 1. The Hall–Kier alpha value is -2.98. The van der Waals surface area contributed by atoms with Crippen LogP contribution in [0.4, 0.5) is 5.13 Å². The molecule has 1 amide bonds. The van der Waals surface area contributed by atoms with Gasteiger partial charge in [0, 0.05) is 44.8 Å². The molecule has 2 aliphatic heterocycles. The Balaban J connectivity index is 1.11. The second-order valence-corrected chi connectivity index (χ2v) is 12.6. The molecule has 4 aromatic rings. The summed E-state index contributed by atoms with van der Waals surface area (Å²) in [5.41, 5.74) is 3.54. The number of rotatable bonds is 4. The zero-order valence-corrected chi connectivity index (χ0v) is 22.4. The van der Waals surface area contributed by atoms with Crippen LogP contribution in [0, 0.1) is 0 Å². The molecule has 0 radical (unpaired) electrons. The minimum absolute atomic E-state index is 0.0946. The number of aromatic nitrogens is 1. The first-order valence-electron chi connectivity index (χ1n) is 12.2. The number of sulfonamides is 1.